The van der Waals surface area contributed by atoms with Crippen molar-refractivity contribution in [3.05, 3.63) is 18.3 Å². The minimum absolute atomic E-state index is 0.133. The van der Waals surface area contributed by atoms with Gasteiger partial charge in [-0.15, -0.1) is 0 Å². The first-order valence-electron chi connectivity index (χ1n) is 6.62. The van der Waals surface area contributed by atoms with Gasteiger partial charge >= 0.3 is 0 Å². The average molecular weight is 298 g/mol. The van der Waals surface area contributed by atoms with Crippen LogP contribution in [0, 0.1) is 0 Å². The maximum Gasteiger partial charge on any atom is 0.177 e. The van der Waals surface area contributed by atoms with Gasteiger partial charge < -0.3 is 10.1 Å². The number of aromatic nitrogens is 1. The monoisotopic (exact) mass is 298 g/mol. The summed E-state index contributed by atoms with van der Waals surface area (Å²) in [6.07, 6.45) is 3.43. The molecule has 2 heterocycles. The van der Waals surface area contributed by atoms with Crippen LogP contribution in [0.4, 0.5) is 5.82 Å². The zero-order valence-electron chi connectivity index (χ0n) is 12.6. The molecular weight excluding hydrogens is 276 g/mol. The lowest BCUT2D eigenvalue weighted by molar-refractivity contribution is -0.0662. The fraction of sp³-hybridized carbons (Fsp3) is 0.643. The van der Waals surface area contributed by atoms with Crippen LogP contribution in [-0.4, -0.2) is 36.9 Å². The Balaban J connectivity index is 2.15. The third kappa shape index (κ3) is 3.30. The summed E-state index contributed by atoms with van der Waals surface area (Å²) in [5.41, 5.74) is -0.464. The van der Waals surface area contributed by atoms with E-state index in [1.54, 1.807) is 12.1 Å². The molecule has 0 aromatic carbocycles. The molecule has 1 fully saturated rings. The Labute approximate surface area is 120 Å². The molecule has 1 atom stereocenters. The third-order valence-corrected chi connectivity index (χ3v) is 4.66. The van der Waals surface area contributed by atoms with Gasteiger partial charge in [-0.2, -0.15) is 0 Å². The molecule has 5 nitrogen and oxygen atoms in total. The Morgan fingerprint density at radius 1 is 1.30 bits per heavy atom. The minimum atomic E-state index is -3.20. The average Bonchev–Trinajstić information content (AvgIpc) is 2.46. The van der Waals surface area contributed by atoms with E-state index in [-0.39, 0.29) is 22.1 Å². The fourth-order valence-corrected chi connectivity index (χ4v) is 3.21. The number of ether oxygens (including phenoxy) is 1. The molecule has 1 unspecified atom stereocenters. The van der Waals surface area contributed by atoms with Gasteiger partial charge in [0.1, 0.15) is 5.82 Å². The zero-order valence-corrected chi connectivity index (χ0v) is 13.4. The van der Waals surface area contributed by atoms with Crippen LogP contribution in [0.25, 0.3) is 0 Å². The zero-order chi connectivity index (χ0) is 15.2. The van der Waals surface area contributed by atoms with E-state index in [4.69, 9.17) is 4.74 Å². The van der Waals surface area contributed by atoms with Crippen molar-refractivity contribution in [2.75, 3.05) is 11.6 Å². The molecule has 112 valence electrons. The van der Waals surface area contributed by atoms with Crippen LogP contribution in [0.15, 0.2) is 23.2 Å². The SMILES string of the molecule is CC1(C)CC(Nc2ccc(S(C)(=O)=O)cn2)C(C)(C)O1. The number of sulfone groups is 1. The van der Waals surface area contributed by atoms with E-state index in [2.05, 4.69) is 24.1 Å². The van der Waals surface area contributed by atoms with Gasteiger partial charge in [0.15, 0.2) is 9.84 Å². The molecule has 1 N–H and O–H groups in total. The quantitative estimate of drug-likeness (QED) is 0.927. The summed E-state index contributed by atoms with van der Waals surface area (Å²) >= 11 is 0. The number of nitrogens with one attached hydrogen (secondary N) is 1. The Kier molecular flexibility index (Phi) is 3.59. The number of hydrogen-bond acceptors (Lipinski definition) is 5. The maximum absolute atomic E-state index is 11.4. The third-order valence-electron chi connectivity index (χ3n) is 3.56. The summed E-state index contributed by atoms with van der Waals surface area (Å²) < 4.78 is 28.8. The molecule has 0 bridgehead atoms. The molecule has 0 amide bonds. The first-order chi connectivity index (χ1) is 9.00. The highest BCUT2D eigenvalue weighted by atomic mass is 32.2. The predicted octanol–water partition coefficient (Wildman–Crippen LogP) is 2.24. The van der Waals surface area contributed by atoms with Gasteiger partial charge in [-0.1, -0.05) is 0 Å². The Hall–Kier alpha value is -1.14. The highest BCUT2D eigenvalue weighted by Gasteiger charge is 2.45. The van der Waals surface area contributed by atoms with Crippen LogP contribution < -0.4 is 5.32 Å². The van der Waals surface area contributed by atoms with Crippen LogP contribution in [-0.2, 0) is 14.6 Å². The summed E-state index contributed by atoms with van der Waals surface area (Å²) in [6, 6.07) is 3.39. The van der Waals surface area contributed by atoms with E-state index in [0.717, 1.165) is 6.42 Å². The van der Waals surface area contributed by atoms with Crippen LogP contribution in [0.3, 0.4) is 0 Å². The van der Waals surface area contributed by atoms with Gasteiger partial charge in [-0.25, -0.2) is 13.4 Å². The van der Waals surface area contributed by atoms with Gasteiger partial charge in [0.05, 0.1) is 22.1 Å². The van der Waals surface area contributed by atoms with Gasteiger partial charge in [-0.05, 0) is 46.2 Å². The van der Waals surface area contributed by atoms with E-state index in [9.17, 15) is 8.42 Å². The standard InChI is InChI=1S/C14H22N2O3S/c1-13(2)8-11(14(3,4)19-13)16-12-7-6-10(9-15-12)20(5,17)18/h6-7,9,11H,8H2,1-5H3,(H,15,16). The van der Waals surface area contributed by atoms with E-state index in [0.29, 0.717) is 5.82 Å². The minimum Gasteiger partial charge on any atom is -0.367 e. The van der Waals surface area contributed by atoms with Gasteiger partial charge in [0.25, 0.3) is 0 Å². The lowest BCUT2D eigenvalue weighted by atomic mass is 9.94. The highest BCUT2D eigenvalue weighted by molar-refractivity contribution is 7.90. The number of rotatable bonds is 3. The van der Waals surface area contributed by atoms with Crippen molar-refractivity contribution in [3.8, 4) is 0 Å². The molecular formula is C14H22N2O3S. The summed E-state index contributed by atoms with van der Waals surface area (Å²) in [5, 5.41) is 3.33. The number of nitrogens with zero attached hydrogens (tertiary/aromatic N) is 1. The van der Waals surface area contributed by atoms with Gasteiger partial charge in [0, 0.05) is 12.5 Å². The predicted molar refractivity (Wildman–Crippen MR) is 78.6 cm³/mol. The molecule has 20 heavy (non-hydrogen) atoms. The smallest absolute Gasteiger partial charge is 0.177 e. The molecule has 1 aliphatic heterocycles. The maximum atomic E-state index is 11.4. The van der Waals surface area contributed by atoms with Crippen molar-refractivity contribution >= 4 is 15.7 Å². The molecule has 6 heteroatoms. The van der Waals surface area contributed by atoms with Crippen LogP contribution >= 0.6 is 0 Å². The first kappa shape index (κ1) is 15.3. The molecule has 1 aromatic heterocycles. The second-order valence-electron chi connectivity index (χ2n) is 6.52. The van der Waals surface area contributed by atoms with Crippen molar-refractivity contribution in [3.63, 3.8) is 0 Å². The lowest BCUT2D eigenvalue weighted by Gasteiger charge is -2.28. The molecule has 0 saturated carbocycles. The van der Waals surface area contributed by atoms with Crippen molar-refractivity contribution in [1.82, 2.24) is 4.98 Å². The van der Waals surface area contributed by atoms with Crippen LogP contribution in [0.2, 0.25) is 0 Å². The molecule has 1 saturated heterocycles. The Morgan fingerprint density at radius 2 is 1.95 bits per heavy atom. The van der Waals surface area contributed by atoms with Crippen LogP contribution in [0.1, 0.15) is 34.1 Å². The fourth-order valence-electron chi connectivity index (χ4n) is 2.65. The molecule has 0 spiro atoms. The van der Waals surface area contributed by atoms with E-state index >= 15 is 0 Å². The molecule has 1 aromatic rings. The molecule has 0 radical (unpaired) electrons. The Bertz CT molecular complexity index is 591. The van der Waals surface area contributed by atoms with Crippen molar-refractivity contribution in [1.29, 1.82) is 0 Å². The largest absolute Gasteiger partial charge is 0.367 e. The van der Waals surface area contributed by atoms with E-state index < -0.39 is 9.84 Å². The van der Waals surface area contributed by atoms with E-state index in [1.807, 2.05) is 13.8 Å². The number of pyridine rings is 1. The topological polar surface area (TPSA) is 68.3 Å². The lowest BCUT2D eigenvalue weighted by Crippen LogP contribution is -2.38. The van der Waals surface area contributed by atoms with Gasteiger partial charge in [0.2, 0.25) is 0 Å². The molecule has 1 aliphatic rings. The van der Waals surface area contributed by atoms with E-state index in [1.165, 1.54) is 12.5 Å². The summed E-state index contributed by atoms with van der Waals surface area (Å²) in [6.45, 7) is 8.22. The van der Waals surface area contributed by atoms with Crippen molar-refractivity contribution in [2.45, 2.75) is 56.3 Å². The molecule has 0 aliphatic carbocycles. The highest BCUT2D eigenvalue weighted by Crippen LogP contribution is 2.38. The second-order valence-corrected chi connectivity index (χ2v) is 8.53. The molecule has 2 rings (SSSR count). The first-order valence-corrected chi connectivity index (χ1v) is 8.52. The van der Waals surface area contributed by atoms with Gasteiger partial charge in [-0.3, -0.25) is 0 Å². The normalized spacial score (nSPS) is 24.6. The summed E-state index contributed by atoms with van der Waals surface area (Å²) in [4.78, 5) is 4.40. The number of anilines is 1. The van der Waals surface area contributed by atoms with Crippen molar-refractivity contribution < 1.29 is 13.2 Å². The summed E-state index contributed by atoms with van der Waals surface area (Å²) in [7, 11) is -3.20. The second kappa shape index (κ2) is 4.70. The van der Waals surface area contributed by atoms with Crippen LogP contribution in [0.5, 0.6) is 0 Å². The summed E-state index contributed by atoms with van der Waals surface area (Å²) in [5.74, 6) is 0.664. The number of hydrogen-bond donors (Lipinski definition) is 1. The van der Waals surface area contributed by atoms with Crippen molar-refractivity contribution in [2.24, 2.45) is 0 Å². The Morgan fingerprint density at radius 3 is 2.35 bits per heavy atom.